The molecule has 0 bridgehead atoms. The molecule has 0 radical (unpaired) electrons. The van der Waals surface area contributed by atoms with Crippen LogP contribution in [0.1, 0.15) is 39.2 Å². The second-order valence-electron chi connectivity index (χ2n) is 7.32. The van der Waals surface area contributed by atoms with Crippen molar-refractivity contribution in [1.82, 2.24) is 9.55 Å². The van der Waals surface area contributed by atoms with Crippen molar-refractivity contribution in [2.45, 2.75) is 33.6 Å². The molecular weight excluding hydrogens is 324 g/mol. The lowest BCUT2D eigenvalue weighted by Crippen LogP contribution is -2.17. The van der Waals surface area contributed by atoms with Gasteiger partial charge in [-0.3, -0.25) is 9.78 Å². The number of benzene rings is 1. The lowest BCUT2D eigenvalue weighted by atomic mass is 10.0. The maximum absolute atomic E-state index is 12.7. The van der Waals surface area contributed by atoms with Crippen molar-refractivity contribution < 1.29 is 4.74 Å². The van der Waals surface area contributed by atoms with Crippen LogP contribution in [0.3, 0.4) is 0 Å². The Balaban J connectivity index is 2.15. The molecule has 0 aliphatic carbocycles. The van der Waals surface area contributed by atoms with Crippen molar-refractivity contribution in [2.24, 2.45) is 13.0 Å². The molecule has 0 saturated carbocycles. The summed E-state index contributed by atoms with van der Waals surface area (Å²) in [7, 11) is 1.79. The van der Waals surface area contributed by atoms with Gasteiger partial charge in [0, 0.05) is 36.5 Å². The van der Waals surface area contributed by atoms with E-state index in [2.05, 4.69) is 31.5 Å². The maximum Gasteiger partial charge on any atom is 0.260 e. The van der Waals surface area contributed by atoms with E-state index in [0.29, 0.717) is 17.9 Å². The van der Waals surface area contributed by atoms with Gasteiger partial charge in [0.05, 0.1) is 17.5 Å². The third-order valence-electron chi connectivity index (χ3n) is 4.75. The first-order valence-corrected chi connectivity index (χ1v) is 9.09. The summed E-state index contributed by atoms with van der Waals surface area (Å²) in [5, 5.41) is 2.55. The Bertz CT molecular complexity index is 1030. The normalized spacial score (nSPS) is 11.4. The van der Waals surface area contributed by atoms with Gasteiger partial charge in [-0.15, -0.1) is 0 Å². The Labute approximate surface area is 154 Å². The molecule has 2 heterocycles. The Morgan fingerprint density at radius 1 is 1.27 bits per heavy atom. The summed E-state index contributed by atoms with van der Waals surface area (Å²) in [6.07, 6.45) is 5.49. The monoisotopic (exact) mass is 350 g/mol. The molecule has 4 heteroatoms. The minimum atomic E-state index is -0.0468. The molecular formula is C22H26N2O2. The minimum Gasteiger partial charge on any atom is -0.493 e. The molecule has 3 rings (SSSR count). The van der Waals surface area contributed by atoms with Gasteiger partial charge in [-0.05, 0) is 48.8 Å². The number of hydrogen-bond acceptors (Lipinski definition) is 3. The fourth-order valence-corrected chi connectivity index (χ4v) is 3.28. The van der Waals surface area contributed by atoms with Crippen LogP contribution in [-0.2, 0) is 7.05 Å². The lowest BCUT2D eigenvalue weighted by molar-refractivity contribution is 0.297. The van der Waals surface area contributed by atoms with Gasteiger partial charge in [0.2, 0.25) is 0 Å². The molecule has 3 aromatic rings. The third kappa shape index (κ3) is 3.36. The lowest BCUT2D eigenvalue weighted by Gasteiger charge is -2.16. The van der Waals surface area contributed by atoms with Crippen molar-refractivity contribution in [2.75, 3.05) is 6.61 Å². The number of nitrogens with zero attached hydrogens (tertiary/aromatic N) is 2. The van der Waals surface area contributed by atoms with Gasteiger partial charge < -0.3 is 9.30 Å². The van der Waals surface area contributed by atoms with Crippen molar-refractivity contribution in [1.29, 1.82) is 0 Å². The van der Waals surface area contributed by atoms with E-state index in [0.717, 1.165) is 46.0 Å². The Kier molecular flexibility index (Phi) is 5.12. The zero-order chi connectivity index (χ0) is 18.8. The van der Waals surface area contributed by atoms with Gasteiger partial charge >= 0.3 is 0 Å². The summed E-state index contributed by atoms with van der Waals surface area (Å²) in [4.78, 5) is 16.8. The number of allylic oxidation sites excluding steroid dienone is 1. The number of ether oxygens (including phenoxy) is 1. The van der Waals surface area contributed by atoms with E-state index >= 15 is 0 Å². The van der Waals surface area contributed by atoms with Crippen molar-refractivity contribution in [3.8, 4) is 5.75 Å². The van der Waals surface area contributed by atoms with Gasteiger partial charge in [-0.25, -0.2) is 0 Å². The van der Waals surface area contributed by atoms with Crippen LogP contribution in [-0.4, -0.2) is 16.2 Å². The molecule has 0 fully saturated rings. The molecule has 0 spiro atoms. The number of rotatable bonds is 6. The predicted octanol–water partition coefficient (Wildman–Crippen LogP) is 4.93. The smallest absolute Gasteiger partial charge is 0.260 e. The largest absolute Gasteiger partial charge is 0.493 e. The summed E-state index contributed by atoms with van der Waals surface area (Å²) < 4.78 is 7.74. The second-order valence-corrected chi connectivity index (χ2v) is 7.32. The third-order valence-corrected chi connectivity index (χ3v) is 4.75. The molecule has 0 atom stereocenters. The van der Waals surface area contributed by atoms with Crippen LogP contribution in [0.5, 0.6) is 5.75 Å². The fourth-order valence-electron chi connectivity index (χ4n) is 3.28. The average Bonchev–Trinajstić information content (AvgIpc) is 2.62. The molecule has 0 N–H and O–H groups in total. The molecule has 2 aromatic heterocycles. The number of aromatic nitrogens is 2. The highest BCUT2D eigenvalue weighted by atomic mass is 16.5. The minimum absolute atomic E-state index is 0.0468. The predicted molar refractivity (Wildman–Crippen MR) is 109 cm³/mol. The van der Waals surface area contributed by atoms with E-state index in [1.165, 1.54) is 0 Å². The molecule has 0 aliphatic heterocycles. The van der Waals surface area contributed by atoms with Crippen LogP contribution in [0.4, 0.5) is 0 Å². The van der Waals surface area contributed by atoms with Gasteiger partial charge in [-0.2, -0.15) is 0 Å². The Hall–Kier alpha value is -2.62. The van der Waals surface area contributed by atoms with Crippen LogP contribution in [0.2, 0.25) is 0 Å². The molecule has 1 aromatic carbocycles. The van der Waals surface area contributed by atoms with Crippen LogP contribution < -0.4 is 10.3 Å². The second kappa shape index (κ2) is 7.32. The standard InChI is InChI=1S/C22H26N2O2/c1-14(2)7-6-10-26-21-12-20-18(11-17(21)15(3)4)16-8-9-23-13-19(16)22(25)24(20)5/h8-9,11-14H,3,6-7,10H2,1-2,4-5H3. The maximum atomic E-state index is 12.7. The summed E-state index contributed by atoms with van der Waals surface area (Å²) >= 11 is 0. The first-order chi connectivity index (χ1) is 12.4. The topological polar surface area (TPSA) is 44.1 Å². The first-order valence-electron chi connectivity index (χ1n) is 9.09. The summed E-state index contributed by atoms with van der Waals surface area (Å²) in [5.41, 5.74) is 2.74. The molecule has 0 amide bonds. The molecule has 0 saturated heterocycles. The molecule has 26 heavy (non-hydrogen) atoms. The van der Waals surface area contributed by atoms with Crippen LogP contribution >= 0.6 is 0 Å². The van der Waals surface area contributed by atoms with Gasteiger partial charge in [0.25, 0.3) is 5.56 Å². The van der Waals surface area contributed by atoms with Crippen LogP contribution in [0.25, 0.3) is 27.2 Å². The highest BCUT2D eigenvalue weighted by molar-refractivity contribution is 6.06. The molecule has 4 nitrogen and oxygen atoms in total. The summed E-state index contributed by atoms with van der Waals surface area (Å²) in [6, 6.07) is 5.94. The average molecular weight is 350 g/mol. The Morgan fingerprint density at radius 2 is 2.04 bits per heavy atom. The first kappa shape index (κ1) is 18.2. The van der Waals surface area contributed by atoms with E-state index in [4.69, 9.17) is 4.74 Å². The highest BCUT2D eigenvalue weighted by Crippen LogP contribution is 2.33. The zero-order valence-electron chi connectivity index (χ0n) is 16.0. The van der Waals surface area contributed by atoms with E-state index in [9.17, 15) is 4.79 Å². The van der Waals surface area contributed by atoms with Crippen molar-refractivity contribution in [3.63, 3.8) is 0 Å². The SMILES string of the molecule is C=C(C)c1cc2c3ccncc3c(=O)n(C)c2cc1OCCCC(C)C. The fraction of sp³-hybridized carbons (Fsp3) is 0.364. The van der Waals surface area contributed by atoms with Gasteiger partial charge in [0.15, 0.2) is 0 Å². The van der Waals surface area contributed by atoms with Gasteiger partial charge in [0.1, 0.15) is 5.75 Å². The molecule has 0 unspecified atom stereocenters. The highest BCUT2D eigenvalue weighted by Gasteiger charge is 2.14. The molecule has 136 valence electrons. The summed E-state index contributed by atoms with van der Waals surface area (Å²) in [5.74, 6) is 1.45. The quantitative estimate of drug-likeness (QED) is 0.467. The zero-order valence-corrected chi connectivity index (χ0v) is 16.0. The van der Waals surface area contributed by atoms with E-state index in [1.807, 2.05) is 19.1 Å². The van der Waals surface area contributed by atoms with Crippen molar-refractivity contribution >= 4 is 27.2 Å². The van der Waals surface area contributed by atoms with E-state index in [-0.39, 0.29) is 5.56 Å². The number of hydrogen-bond donors (Lipinski definition) is 0. The Morgan fingerprint density at radius 3 is 2.73 bits per heavy atom. The van der Waals surface area contributed by atoms with E-state index in [1.54, 1.807) is 24.0 Å². The number of pyridine rings is 2. The van der Waals surface area contributed by atoms with Crippen LogP contribution in [0, 0.1) is 5.92 Å². The van der Waals surface area contributed by atoms with Gasteiger partial charge in [-0.1, -0.05) is 20.4 Å². The summed E-state index contributed by atoms with van der Waals surface area (Å²) in [6.45, 7) is 11.2. The number of aryl methyl sites for hydroxylation is 1. The molecule has 0 aliphatic rings. The van der Waals surface area contributed by atoms with Crippen molar-refractivity contribution in [3.05, 3.63) is 53.1 Å². The van der Waals surface area contributed by atoms with Crippen LogP contribution in [0.15, 0.2) is 42.0 Å². The van der Waals surface area contributed by atoms with E-state index < -0.39 is 0 Å². The number of fused-ring (bicyclic) bond motifs is 3.